The van der Waals surface area contributed by atoms with Crippen LogP contribution in [0.3, 0.4) is 0 Å². The molecule has 0 radical (unpaired) electrons. The smallest absolute Gasteiger partial charge is 0.255 e. The minimum Gasteiger partial charge on any atom is -0.494 e. The zero-order chi connectivity index (χ0) is 13.8. The standard InChI is InChI=1S/C14H17Cl2NO2/c1-19-13-11(7-9(15)8-12(13)16)14(18)17-10-5-3-2-4-6-10/h7-8,10H,2-6H2,1H3,(H,17,18). The van der Waals surface area contributed by atoms with Crippen molar-refractivity contribution in [2.75, 3.05) is 7.11 Å². The number of nitrogens with one attached hydrogen (secondary N) is 1. The normalized spacial score (nSPS) is 16.2. The number of amides is 1. The molecule has 0 saturated heterocycles. The number of carbonyl (C=O) groups excluding carboxylic acids is 1. The summed E-state index contributed by atoms with van der Waals surface area (Å²) in [5, 5.41) is 3.81. The Morgan fingerprint density at radius 1 is 1.26 bits per heavy atom. The molecule has 1 fully saturated rings. The van der Waals surface area contributed by atoms with Crippen LogP contribution in [0.1, 0.15) is 42.5 Å². The van der Waals surface area contributed by atoms with Crippen LogP contribution in [0.4, 0.5) is 0 Å². The number of ether oxygens (including phenoxy) is 1. The van der Waals surface area contributed by atoms with Crippen molar-refractivity contribution in [3.05, 3.63) is 27.7 Å². The van der Waals surface area contributed by atoms with Crippen LogP contribution in [0.2, 0.25) is 10.0 Å². The van der Waals surface area contributed by atoms with Crippen LogP contribution in [0.25, 0.3) is 0 Å². The fourth-order valence-corrected chi connectivity index (χ4v) is 3.02. The molecule has 5 heteroatoms. The molecule has 0 heterocycles. The van der Waals surface area contributed by atoms with Crippen LogP contribution in [0, 0.1) is 0 Å². The van der Waals surface area contributed by atoms with E-state index < -0.39 is 0 Å². The van der Waals surface area contributed by atoms with Gasteiger partial charge in [-0.2, -0.15) is 0 Å². The molecule has 19 heavy (non-hydrogen) atoms. The molecule has 3 nitrogen and oxygen atoms in total. The molecule has 0 unspecified atom stereocenters. The summed E-state index contributed by atoms with van der Waals surface area (Å²) >= 11 is 12.0. The number of carbonyl (C=O) groups is 1. The maximum absolute atomic E-state index is 12.3. The second-order valence-corrected chi connectivity index (χ2v) is 5.62. The van der Waals surface area contributed by atoms with Gasteiger partial charge in [-0.25, -0.2) is 0 Å². The fourth-order valence-electron chi connectivity index (χ4n) is 2.45. The van der Waals surface area contributed by atoms with Gasteiger partial charge in [0.1, 0.15) is 5.75 Å². The molecule has 0 spiro atoms. The zero-order valence-electron chi connectivity index (χ0n) is 10.8. The highest BCUT2D eigenvalue weighted by molar-refractivity contribution is 6.36. The molecule has 104 valence electrons. The average Bonchev–Trinajstić information content (AvgIpc) is 2.39. The Labute approximate surface area is 123 Å². The van der Waals surface area contributed by atoms with Crippen LogP contribution < -0.4 is 10.1 Å². The minimum absolute atomic E-state index is 0.173. The summed E-state index contributed by atoms with van der Waals surface area (Å²) in [6.07, 6.45) is 5.64. The second kappa shape index (κ2) is 6.49. The Kier molecular flexibility index (Phi) is 4.94. The number of methoxy groups -OCH3 is 1. The lowest BCUT2D eigenvalue weighted by Gasteiger charge is -2.23. The molecular formula is C14H17Cl2NO2. The quantitative estimate of drug-likeness (QED) is 0.914. The van der Waals surface area contributed by atoms with E-state index >= 15 is 0 Å². The number of rotatable bonds is 3. The molecular weight excluding hydrogens is 285 g/mol. The lowest BCUT2D eigenvalue weighted by molar-refractivity contribution is 0.0924. The van der Waals surface area contributed by atoms with Crippen LogP contribution in [-0.2, 0) is 0 Å². The summed E-state index contributed by atoms with van der Waals surface area (Å²) < 4.78 is 5.19. The number of halogens is 2. The van der Waals surface area contributed by atoms with E-state index in [1.165, 1.54) is 26.4 Å². The number of hydrogen-bond donors (Lipinski definition) is 1. The van der Waals surface area contributed by atoms with Gasteiger partial charge in [0.2, 0.25) is 0 Å². The van der Waals surface area contributed by atoms with Gasteiger partial charge in [0, 0.05) is 11.1 Å². The van der Waals surface area contributed by atoms with E-state index in [-0.39, 0.29) is 11.9 Å². The Hall–Kier alpha value is -0.930. The van der Waals surface area contributed by atoms with Gasteiger partial charge < -0.3 is 10.1 Å². The minimum atomic E-state index is -0.173. The van der Waals surface area contributed by atoms with Crippen molar-refractivity contribution in [2.24, 2.45) is 0 Å². The van der Waals surface area contributed by atoms with Crippen molar-refractivity contribution in [2.45, 2.75) is 38.1 Å². The monoisotopic (exact) mass is 301 g/mol. The zero-order valence-corrected chi connectivity index (χ0v) is 12.4. The molecule has 1 aromatic carbocycles. The summed E-state index contributed by atoms with van der Waals surface area (Å²) in [6.45, 7) is 0. The van der Waals surface area contributed by atoms with Gasteiger partial charge in [0.05, 0.1) is 17.7 Å². The van der Waals surface area contributed by atoms with Crippen molar-refractivity contribution in [3.8, 4) is 5.75 Å². The SMILES string of the molecule is COc1c(Cl)cc(Cl)cc1C(=O)NC1CCCCC1. The van der Waals surface area contributed by atoms with Crippen molar-refractivity contribution in [1.82, 2.24) is 5.32 Å². The Morgan fingerprint density at radius 3 is 2.58 bits per heavy atom. The number of benzene rings is 1. The predicted molar refractivity (Wildman–Crippen MR) is 77.4 cm³/mol. The van der Waals surface area contributed by atoms with Crippen molar-refractivity contribution < 1.29 is 9.53 Å². The van der Waals surface area contributed by atoms with Crippen LogP contribution in [0.5, 0.6) is 5.75 Å². The van der Waals surface area contributed by atoms with Crippen LogP contribution in [0.15, 0.2) is 12.1 Å². The predicted octanol–water partition coefficient (Wildman–Crippen LogP) is 4.06. The Bertz CT molecular complexity index is 471. The second-order valence-electron chi connectivity index (χ2n) is 4.78. The average molecular weight is 302 g/mol. The molecule has 2 rings (SSSR count). The summed E-state index contributed by atoms with van der Waals surface area (Å²) in [7, 11) is 1.49. The molecule has 0 atom stereocenters. The molecule has 0 aliphatic heterocycles. The van der Waals surface area contributed by atoms with Gasteiger partial charge in [-0.15, -0.1) is 0 Å². The van der Waals surface area contributed by atoms with E-state index in [1.54, 1.807) is 12.1 Å². The van der Waals surface area contributed by atoms with Gasteiger partial charge >= 0.3 is 0 Å². The summed E-state index contributed by atoms with van der Waals surface area (Å²) in [4.78, 5) is 12.3. The highest BCUT2D eigenvalue weighted by Gasteiger charge is 2.21. The molecule has 1 aliphatic carbocycles. The van der Waals surface area contributed by atoms with Crippen molar-refractivity contribution in [3.63, 3.8) is 0 Å². The van der Waals surface area contributed by atoms with Gasteiger partial charge in [0.25, 0.3) is 5.91 Å². The fraction of sp³-hybridized carbons (Fsp3) is 0.500. The summed E-state index contributed by atoms with van der Waals surface area (Å²) in [5.41, 5.74) is 0.394. The van der Waals surface area contributed by atoms with Crippen molar-refractivity contribution >= 4 is 29.1 Å². The van der Waals surface area contributed by atoms with Crippen molar-refractivity contribution in [1.29, 1.82) is 0 Å². The maximum atomic E-state index is 12.3. The molecule has 0 bridgehead atoms. The van der Waals surface area contributed by atoms with E-state index in [1.807, 2.05) is 0 Å². The Morgan fingerprint density at radius 2 is 1.95 bits per heavy atom. The van der Waals surface area contributed by atoms with Crippen LogP contribution in [-0.4, -0.2) is 19.1 Å². The van der Waals surface area contributed by atoms with E-state index in [9.17, 15) is 4.79 Å². The molecule has 1 aromatic rings. The van der Waals surface area contributed by atoms with Gasteiger partial charge in [-0.1, -0.05) is 42.5 Å². The maximum Gasteiger partial charge on any atom is 0.255 e. The van der Waals surface area contributed by atoms with E-state index in [0.717, 1.165) is 12.8 Å². The largest absolute Gasteiger partial charge is 0.494 e. The highest BCUT2D eigenvalue weighted by atomic mass is 35.5. The topological polar surface area (TPSA) is 38.3 Å². The highest BCUT2D eigenvalue weighted by Crippen LogP contribution is 2.32. The molecule has 1 saturated carbocycles. The van der Waals surface area contributed by atoms with Gasteiger partial charge in [-0.05, 0) is 25.0 Å². The first-order valence-corrected chi connectivity index (χ1v) is 7.21. The van der Waals surface area contributed by atoms with Gasteiger partial charge in [0.15, 0.2) is 0 Å². The van der Waals surface area contributed by atoms with E-state index in [2.05, 4.69) is 5.32 Å². The van der Waals surface area contributed by atoms with Gasteiger partial charge in [-0.3, -0.25) is 4.79 Å². The third-order valence-corrected chi connectivity index (χ3v) is 3.90. The lowest BCUT2D eigenvalue weighted by Crippen LogP contribution is -2.36. The molecule has 1 N–H and O–H groups in total. The van der Waals surface area contributed by atoms with Crippen LogP contribution >= 0.6 is 23.2 Å². The Balaban J connectivity index is 2.17. The summed E-state index contributed by atoms with van der Waals surface area (Å²) in [6, 6.07) is 3.40. The third kappa shape index (κ3) is 3.54. The summed E-state index contributed by atoms with van der Waals surface area (Å²) in [5.74, 6) is 0.201. The molecule has 1 aliphatic rings. The number of hydrogen-bond acceptors (Lipinski definition) is 2. The van der Waals surface area contributed by atoms with E-state index in [4.69, 9.17) is 27.9 Å². The van der Waals surface area contributed by atoms with E-state index in [0.29, 0.717) is 21.4 Å². The first kappa shape index (κ1) is 14.5. The first-order chi connectivity index (χ1) is 9.11. The molecule has 1 amide bonds. The molecule has 0 aromatic heterocycles. The lowest BCUT2D eigenvalue weighted by atomic mass is 9.95. The third-order valence-electron chi connectivity index (χ3n) is 3.40. The first-order valence-electron chi connectivity index (χ1n) is 6.45.